The Labute approximate surface area is 144 Å². The molecule has 1 saturated heterocycles. The van der Waals surface area contributed by atoms with E-state index in [0.717, 1.165) is 42.6 Å². The molecule has 1 N–H and O–H groups in total. The first-order valence-electron chi connectivity index (χ1n) is 8.68. The zero-order chi connectivity index (χ0) is 17.0. The van der Waals surface area contributed by atoms with Crippen molar-refractivity contribution in [3.8, 4) is 11.3 Å². The van der Waals surface area contributed by atoms with Crippen molar-refractivity contribution < 1.29 is 8.42 Å². The molecule has 0 amide bonds. The molecule has 0 saturated carbocycles. The number of nitrogens with one attached hydrogen (secondary N) is 1. The molecule has 130 valence electrons. The summed E-state index contributed by atoms with van der Waals surface area (Å²) in [5.41, 5.74) is 3.16. The second-order valence-corrected chi connectivity index (χ2v) is 8.51. The average Bonchev–Trinajstić information content (AvgIpc) is 3.11. The van der Waals surface area contributed by atoms with Gasteiger partial charge in [-0.2, -0.15) is 5.10 Å². The number of unbranched alkanes of at least 4 members (excludes halogenated alkanes) is 1. The van der Waals surface area contributed by atoms with E-state index in [2.05, 4.69) is 16.3 Å². The molecule has 2 aromatic rings. The summed E-state index contributed by atoms with van der Waals surface area (Å²) in [6.45, 7) is 3.23. The van der Waals surface area contributed by atoms with E-state index in [-0.39, 0.29) is 5.75 Å². The standard InChI is InChI=1S/C18H25N3O2S/c1-2-3-13-24(22,23)21-11-9-16(10-12-21)18-14-17(19-20-18)15-7-5-4-6-8-15/h4-8,14,16H,2-3,9-13H2,1H3,(H,19,20). The molecule has 1 aliphatic heterocycles. The van der Waals surface area contributed by atoms with Crippen molar-refractivity contribution in [2.75, 3.05) is 18.8 Å². The van der Waals surface area contributed by atoms with Gasteiger partial charge in [0.2, 0.25) is 10.0 Å². The number of nitrogens with zero attached hydrogens (tertiary/aromatic N) is 2. The minimum atomic E-state index is -3.08. The Kier molecular flexibility index (Phi) is 5.36. The topological polar surface area (TPSA) is 66.1 Å². The molecule has 0 atom stereocenters. The number of aromatic amines is 1. The Hall–Kier alpha value is -1.66. The van der Waals surface area contributed by atoms with E-state index in [4.69, 9.17) is 0 Å². The summed E-state index contributed by atoms with van der Waals surface area (Å²) in [6, 6.07) is 12.2. The van der Waals surface area contributed by atoms with Gasteiger partial charge in [0, 0.05) is 30.3 Å². The lowest BCUT2D eigenvalue weighted by Crippen LogP contribution is -2.39. The van der Waals surface area contributed by atoms with Crippen LogP contribution in [0.25, 0.3) is 11.3 Å². The number of hydrogen-bond acceptors (Lipinski definition) is 3. The molecule has 6 heteroatoms. The van der Waals surface area contributed by atoms with Crippen LogP contribution in [-0.2, 0) is 10.0 Å². The van der Waals surface area contributed by atoms with Gasteiger partial charge in [0.1, 0.15) is 0 Å². The predicted molar refractivity (Wildman–Crippen MR) is 96.3 cm³/mol. The van der Waals surface area contributed by atoms with E-state index in [9.17, 15) is 8.42 Å². The predicted octanol–water partition coefficient (Wildman–Crippen LogP) is 3.39. The SMILES string of the molecule is CCCCS(=O)(=O)N1CCC(c2cc(-c3ccccc3)n[nH]2)CC1. The van der Waals surface area contributed by atoms with Crippen LogP contribution in [0.3, 0.4) is 0 Å². The first-order chi connectivity index (χ1) is 11.6. The van der Waals surface area contributed by atoms with Crippen LogP contribution in [-0.4, -0.2) is 41.8 Å². The smallest absolute Gasteiger partial charge is 0.214 e. The van der Waals surface area contributed by atoms with Crippen LogP contribution in [0.4, 0.5) is 0 Å². The van der Waals surface area contributed by atoms with Gasteiger partial charge < -0.3 is 0 Å². The average molecular weight is 347 g/mol. The molecular formula is C18H25N3O2S. The number of piperidine rings is 1. The second kappa shape index (κ2) is 7.49. The summed E-state index contributed by atoms with van der Waals surface area (Å²) in [4.78, 5) is 0. The Bertz CT molecular complexity index is 748. The molecule has 1 aliphatic rings. The molecule has 1 fully saturated rings. The van der Waals surface area contributed by atoms with Crippen LogP contribution in [0.5, 0.6) is 0 Å². The van der Waals surface area contributed by atoms with Gasteiger partial charge in [0.15, 0.2) is 0 Å². The number of sulfonamides is 1. The fraction of sp³-hybridized carbons (Fsp3) is 0.500. The Balaban J connectivity index is 1.62. The summed E-state index contributed by atoms with van der Waals surface area (Å²) in [5, 5.41) is 7.56. The minimum Gasteiger partial charge on any atom is -0.282 e. The van der Waals surface area contributed by atoms with Gasteiger partial charge in [-0.05, 0) is 25.3 Å². The van der Waals surface area contributed by atoms with Crippen LogP contribution in [0.15, 0.2) is 36.4 Å². The molecule has 24 heavy (non-hydrogen) atoms. The molecule has 2 heterocycles. The highest BCUT2D eigenvalue weighted by Gasteiger charge is 2.29. The summed E-state index contributed by atoms with van der Waals surface area (Å²) < 4.78 is 26.2. The lowest BCUT2D eigenvalue weighted by Gasteiger charge is -2.30. The van der Waals surface area contributed by atoms with Gasteiger partial charge in [-0.25, -0.2) is 12.7 Å². The number of benzene rings is 1. The van der Waals surface area contributed by atoms with Gasteiger partial charge in [-0.1, -0.05) is 43.7 Å². The van der Waals surface area contributed by atoms with Crippen molar-refractivity contribution in [2.24, 2.45) is 0 Å². The van der Waals surface area contributed by atoms with Crippen LogP contribution >= 0.6 is 0 Å². The van der Waals surface area contributed by atoms with Crippen LogP contribution in [0, 0.1) is 0 Å². The summed E-state index contributed by atoms with van der Waals surface area (Å²) in [7, 11) is -3.08. The van der Waals surface area contributed by atoms with E-state index < -0.39 is 10.0 Å². The Morgan fingerprint density at radius 1 is 1.21 bits per heavy atom. The van der Waals surface area contributed by atoms with E-state index in [1.165, 1.54) is 0 Å². The van der Waals surface area contributed by atoms with Gasteiger partial charge in [-0.15, -0.1) is 0 Å². The molecule has 0 spiro atoms. The van der Waals surface area contributed by atoms with E-state index in [0.29, 0.717) is 19.0 Å². The summed E-state index contributed by atoms with van der Waals surface area (Å²) >= 11 is 0. The fourth-order valence-electron chi connectivity index (χ4n) is 3.20. The maximum atomic E-state index is 12.3. The third kappa shape index (κ3) is 3.87. The molecule has 1 aromatic heterocycles. The normalized spacial score (nSPS) is 17.2. The number of aromatic nitrogens is 2. The van der Waals surface area contributed by atoms with Crippen LogP contribution in [0.2, 0.25) is 0 Å². The number of hydrogen-bond donors (Lipinski definition) is 1. The zero-order valence-corrected chi connectivity index (χ0v) is 14.9. The van der Waals surface area contributed by atoms with Gasteiger partial charge in [0.25, 0.3) is 0 Å². The molecule has 0 aliphatic carbocycles. The third-order valence-corrected chi connectivity index (χ3v) is 6.67. The molecule has 0 radical (unpaired) electrons. The van der Waals surface area contributed by atoms with Crippen LogP contribution in [0.1, 0.15) is 44.2 Å². The van der Waals surface area contributed by atoms with Crippen molar-refractivity contribution in [3.05, 3.63) is 42.1 Å². The Morgan fingerprint density at radius 2 is 1.92 bits per heavy atom. The fourth-order valence-corrected chi connectivity index (χ4v) is 4.88. The van der Waals surface area contributed by atoms with Gasteiger partial charge >= 0.3 is 0 Å². The van der Waals surface area contributed by atoms with Crippen molar-refractivity contribution >= 4 is 10.0 Å². The summed E-state index contributed by atoms with van der Waals surface area (Å²) in [5.74, 6) is 0.628. The lowest BCUT2D eigenvalue weighted by molar-refractivity contribution is 0.316. The van der Waals surface area contributed by atoms with Crippen molar-refractivity contribution in [2.45, 2.75) is 38.5 Å². The molecule has 3 rings (SSSR count). The van der Waals surface area contributed by atoms with E-state index in [1.807, 2.05) is 37.3 Å². The largest absolute Gasteiger partial charge is 0.282 e. The van der Waals surface area contributed by atoms with Crippen LogP contribution < -0.4 is 0 Å². The maximum Gasteiger partial charge on any atom is 0.214 e. The quantitative estimate of drug-likeness (QED) is 0.871. The van der Waals surface area contributed by atoms with E-state index >= 15 is 0 Å². The first kappa shape index (κ1) is 17.2. The Morgan fingerprint density at radius 3 is 2.58 bits per heavy atom. The molecule has 0 unspecified atom stereocenters. The minimum absolute atomic E-state index is 0.274. The highest BCUT2D eigenvalue weighted by molar-refractivity contribution is 7.89. The van der Waals surface area contributed by atoms with Gasteiger partial charge in [0.05, 0.1) is 11.4 Å². The van der Waals surface area contributed by atoms with Crippen molar-refractivity contribution in [1.82, 2.24) is 14.5 Å². The molecule has 0 bridgehead atoms. The number of rotatable bonds is 6. The molecule has 1 aromatic carbocycles. The maximum absolute atomic E-state index is 12.3. The first-order valence-corrected chi connectivity index (χ1v) is 10.3. The van der Waals surface area contributed by atoms with E-state index in [1.54, 1.807) is 4.31 Å². The van der Waals surface area contributed by atoms with Gasteiger partial charge in [-0.3, -0.25) is 5.10 Å². The zero-order valence-electron chi connectivity index (χ0n) is 14.1. The monoisotopic (exact) mass is 347 g/mol. The number of H-pyrrole nitrogens is 1. The molecule has 5 nitrogen and oxygen atoms in total. The highest BCUT2D eigenvalue weighted by atomic mass is 32.2. The van der Waals surface area contributed by atoms with Crippen molar-refractivity contribution in [1.29, 1.82) is 0 Å². The highest BCUT2D eigenvalue weighted by Crippen LogP contribution is 2.30. The third-order valence-electron chi connectivity index (χ3n) is 4.71. The molecular weight excluding hydrogens is 322 g/mol. The lowest BCUT2D eigenvalue weighted by atomic mass is 9.94. The summed E-state index contributed by atoms with van der Waals surface area (Å²) in [6.07, 6.45) is 3.35. The second-order valence-electron chi connectivity index (χ2n) is 6.42. The van der Waals surface area contributed by atoms with Crippen molar-refractivity contribution in [3.63, 3.8) is 0 Å².